The molecule has 148 valence electrons. The van der Waals surface area contributed by atoms with Crippen LogP contribution in [0.1, 0.15) is 50.9 Å². The van der Waals surface area contributed by atoms with Crippen LogP contribution in [0.4, 0.5) is 4.79 Å². The Labute approximate surface area is 165 Å². The molecule has 0 radical (unpaired) electrons. The SMILES string of the molecule is CC.CC(C)OC(=O)N1CCCC(NC(=O)c2ccc3c(Cl)c[nH]c3c2)C1. The number of ether oxygens (including phenoxy) is 1. The highest BCUT2D eigenvalue weighted by Crippen LogP contribution is 2.23. The summed E-state index contributed by atoms with van der Waals surface area (Å²) in [5.41, 5.74) is 1.39. The number of nitrogens with one attached hydrogen (secondary N) is 2. The number of aromatic amines is 1. The zero-order chi connectivity index (χ0) is 20.0. The number of likely N-dealkylation sites (tertiary alicyclic amines) is 1. The molecule has 1 unspecified atom stereocenters. The predicted octanol–water partition coefficient (Wildman–Crippen LogP) is 4.59. The Morgan fingerprint density at radius 2 is 2.07 bits per heavy atom. The summed E-state index contributed by atoms with van der Waals surface area (Å²) >= 11 is 6.06. The normalized spacial score (nSPS) is 16.7. The number of benzene rings is 1. The first-order valence-electron chi connectivity index (χ1n) is 9.47. The molecule has 2 N–H and O–H groups in total. The molecule has 2 heterocycles. The van der Waals surface area contributed by atoms with Gasteiger partial charge >= 0.3 is 6.09 Å². The van der Waals surface area contributed by atoms with Gasteiger partial charge < -0.3 is 19.9 Å². The third kappa shape index (κ3) is 5.39. The maximum Gasteiger partial charge on any atom is 0.410 e. The molecule has 7 heteroatoms. The van der Waals surface area contributed by atoms with Crippen molar-refractivity contribution < 1.29 is 14.3 Å². The minimum Gasteiger partial charge on any atom is -0.447 e. The molecule has 1 fully saturated rings. The standard InChI is InChI=1S/C18H22ClN3O3.C2H6/c1-11(2)25-18(24)22-7-3-4-13(10-22)21-17(23)12-5-6-14-15(19)9-20-16(14)8-12;1-2/h5-6,8-9,11,13,20H,3-4,7,10H2,1-2H3,(H,21,23);1-2H3. The fourth-order valence-corrected chi connectivity index (χ4v) is 3.26. The average Bonchev–Trinajstić information content (AvgIpc) is 3.03. The van der Waals surface area contributed by atoms with Crippen LogP contribution >= 0.6 is 11.6 Å². The van der Waals surface area contributed by atoms with E-state index in [1.54, 1.807) is 23.2 Å². The zero-order valence-corrected chi connectivity index (χ0v) is 17.1. The molecule has 0 spiro atoms. The lowest BCUT2D eigenvalue weighted by molar-refractivity contribution is 0.0637. The maximum absolute atomic E-state index is 12.5. The Morgan fingerprint density at radius 3 is 2.78 bits per heavy atom. The van der Waals surface area contributed by atoms with Crippen molar-refractivity contribution in [1.82, 2.24) is 15.2 Å². The molecule has 1 aromatic heterocycles. The molecule has 2 amide bonds. The zero-order valence-electron chi connectivity index (χ0n) is 16.3. The molecule has 0 bridgehead atoms. The molecule has 2 aromatic rings. The molecular weight excluding hydrogens is 366 g/mol. The van der Waals surface area contributed by atoms with Crippen LogP contribution < -0.4 is 5.32 Å². The van der Waals surface area contributed by atoms with Crippen LogP contribution in [0.15, 0.2) is 24.4 Å². The summed E-state index contributed by atoms with van der Waals surface area (Å²) in [7, 11) is 0. The van der Waals surface area contributed by atoms with E-state index < -0.39 is 0 Å². The van der Waals surface area contributed by atoms with E-state index in [2.05, 4.69) is 10.3 Å². The van der Waals surface area contributed by atoms with Gasteiger partial charge in [0.1, 0.15) is 0 Å². The number of halogens is 1. The number of aromatic nitrogens is 1. The first-order chi connectivity index (χ1) is 12.9. The molecule has 3 rings (SSSR count). The van der Waals surface area contributed by atoms with E-state index in [1.807, 2.05) is 33.8 Å². The first kappa shape index (κ1) is 21.1. The smallest absolute Gasteiger partial charge is 0.410 e. The number of fused-ring (bicyclic) bond motifs is 1. The fourth-order valence-electron chi connectivity index (χ4n) is 3.04. The van der Waals surface area contributed by atoms with E-state index >= 15 is 0 Å². The van der Waals surface area contributed by atoms with E-state index in [0.29, 0.717) is 23.7 Å². The lowest BCUT2D eigenvalue weighted by Gasteiger charge is -2.32. The van der Waals surface area contributed by atoms with Crippen LogP contribution in [0.25, 0.3) is 10.9 Å². The molecule has 27 heavy (non-hydrogen) atoms. The summed E-state index contributed by atoms with van der Waals surface area (Å²) in [6.07, 6.45) is 2.91. The van der Waals surface area contributed by atoms with Gasteiger partial charge in [0, 0.05) is 41.8 Å². The van der Waals surface area contributed by atoms with Crippen molar-refractivity contribution in [2.45, 2.75) is 52.7 Å². The summed E-state index contributed by atoms with van der Waals surface area (Å²) in [6, 6.07) is 5.29. The second-order valence-electron chi connectivity index (χ2n) is 6.59. The molecule has 0 aliphatic carbocycles. The number of rotatable bonds is 3. The number of hydrogen-bond donors (Lipinski definition) is 2. The molecular formula is C20H28ClN3O3. The highest BCUT2D eigenvalue weighted by Gasteiger charge is 2.26. The Balaban J connectivity index is 0.00000126. The van der Waals surface area contributed by atoms with Crippen molar-refractivity contribution >= 4 is 34.5 Å². The van der Waals surface area contributed by atoms with Crippen LogP contribution in [0.5, 0.6) is 0 Å². The van der Waals surface area contributed by atoms with E-state index in [-0.39, 0.29) is 24.1 Å². The largest absolute Gasteiger partial charge is 0.447 e. The topological polar surface area (TPSA) is 74.4 Å². The highest BCUT2D eigenvalue weighted by molar-refractivity contribution is 6.35. The van der Waals surface area contributed by atoms with Gasteiger partial charge in [-0.1, -0.05) is 31.5 Å². The Morgan fingerprint density at radius 1 is 1.33 bits per heavy atom. The molecule has 1 aromatic carbocycles. The van der Waals surface area contributed by atoms with Gasteiger partial charge in [0.05, 0.1) is 11.1 Å². The third-order valence-corrected chi connectivity index (χ3v) is 4.56. The second kappa shape index (κ2) is 9.65. The van der Waals surface area contributed by atoms with E-state index in [4.69, 9.17) is 16.3 Å². The van der Waals surface area contributed by atoms with Crippen molar-refractivity contribution in [3.05, 3.63) is 35.0 Å². The van der Waals surface area contributed by atoms with E-state index in [0.717, 1.165) is 23.7 Å². The average molecular weight is 394 g/mol. The van der Waals surface area contributed by atoms with Crippen LogP contribution in [0.2, 0.25) is 5.02 Å². The lowest BCUT2D eigenvalue weighted by Crippen LogP contribution is -2.50. The molecule has 0 saturated carbocycles. The van der Waals surface area contributed by atoms with Crippen molar-refractivity contribution in [3.63, 3.8) is 0 Å². The van der Waals surface area contributed by atoms with Gasteiger partial charge in [-0.2, -0.15) is 0 Å². The molecule has 1 saturated heterocycles. The Kier molecular flexibility index (Phi) is 7.54. The quantitative estimate of drug-likeness (QED) is 0.801. The lowest BCUT2D eigenvalue weighted by atomic mass is 10.1. The van der Waals surface area contributed by atoms with Crippen molar-refractivity contribution in [2.75, 3.05) is 13.1 Å². The first-order valence-corrected chi connectivity index (χ1v) is 9.85. The minimum atomic E-state index is -0.323. The number of hydrogen-bond acceptors (Lipinski definition) is 3. The van der Waals surface area contributed by atoms with Gasteiger partial charge in [-0.3, -0.25) is 4.79 Å². The number of H-pyrrole nitrogens is 1. The van der Waals surface area contributed by atoms with E-state index in [1.165, 1.54) is 0 Å². The maximum atomic E-state index is 12.5. The highest BCUT2D eigenvalue weighted by atomic mass is 35.5. The Hall–Kier alpha value is -2.21. The van der Waals surface area contributed by atoms with Gasteiger partial charge in [-0.15, -0.1) is 0 Å². The van der Waals surface area contributed by atoms with Crippen LogP contribution in [0.3, 0.4) is 0 Å². The number of carbonyl (C=O) groups is 2. The van der Waals surface area contributed by atoms with Gasteiger partial charge in [0.25, 0.3) is 5.91 Å². The summed E-state index contributed by atoms with van der Waals surface area (Å²) < 4.78 is 5.24. The number of piperidine rings is 1. The second-order valence-corrected chi connectivity index (χ2v) is 7.00. The van der Waals surface area contributed by atoms with Crippen molar-refractivity contribution in [2.24, 2.45) is 0 Å². The molecule has 1 aliphatic heterocycles. The van der Waals surface area contributed by atoms with Gasteiger partial charge in [-0.05, 0) is 38.8 Å². The van der Waals surface area contributed by atoms with Crippen LogP contribution in [-0.4, -0.2) is 47.1 Å². The fraction of sp³-hybridized carbons (Fsp3) is 0.500. The van der Waals surface area contributed by atoms with Crippen LogP contribution in [0, 0.1) is 0 Å². The number of amides is 2. The predicted molar refractivity (Wildman–Crippen MR) is 108 cm³/mol. The summed E-state index contributed by atoms with van der Waals surface area (Å²) in [5.74, 6) is -0.156. The van der Waals surface area contributed by atoms with Gasteiger partial charge in [0.15, 0.2) is 0 Å². The molecule has 6 nitrogen and oxygen atoms in total. The van der Waals surface area contributed by atoms with E-state index in [9.17, 15) is 9.59 Å². The summed E-state index contributed by atoms with van der Waals surface area (Å²) in [4.78, 5) is 29.3. The summed E-state index contributed by atoms with van der Waals surface area (Å²) in [6.45, 7) is 8.77. The number of nitrogens with zero attached hydrogens (tertiary/aromatic N) is 1. The van der Waals surface area contributed by atoms with Crippen molar-refractivity contribution in [3.8, 4) is 0 Å². The minimum absolute atomic E-state index is 0.0797. The van der Waals surface area contributed by atoms with Crippen LogP contribution in [-0.2, 0) is 4.74 Å². The van der Waals surface area contributed by atoms with Crippen molar-refractivity contribution in [1.29, 1.82) is 0 Å². The molecule has 1 atom stereocenters. The van der Waals surface area contributed by atoms with Gasteiger partial charge in [-0.25, -0.2) is 4.79 Å². The Bertz CT molecular complexity index is 788. The third-order valence-electron chi connectivity index (χ3n) is 4.24. The summed E-state index contributed by atoms with van der Waals surface area (Å²) in [5, 5.41) is 4.53. The van der Waals surface area contributed by atoms with Gasteiger partial charge in [0.2, 0.25) is 0 Å². The molecule has 1 aliphatic rings. The monoisotopic (exact) mass is 393 g/mol. The number of carbonyl (C=O) groups excluding carboxylic acids is 2.